The second-order valence-electron chi connectivity index (χ2n) is 3.05. The van der Waals surface area contributed by atoms with E-state index in [2.05, 4.69) is 0 Å². The van der Waals surface area contributed by atoms with Crippen LogP contribution in [0.1, 0.15) is 0 Å². The van der Waals surface area contributed by atoms with Crippen molar-refractivity contribution in [2.45, 2.75) is 4.90 Å². The van der Waals surface area contributed by atoms with E-state index in [1.165, 1.54) is 25.2 Å². The summed E-state index contributed by atoms with van der Waals surface area (Å²) >= 11 is 0. The van der Waals surface area contributed by atoms with Crippen molar-refractivity contribution in [2.24, 2.45) is 5.73 Å². The highest BCUT2D eigenvalue weighted by Crippen LogP contribution is 2.16. The normalized spacial score (nSPS) is 12.0. The molecule has 0 heterocycles. The van der Waals surface area contributed by atoms with E-state index in [0.29, 0.717) is 0 Å². The Labute approximate surface area is 88.6 Å². The van der Waals surface area contributed by atoms with E-state index >= 15 is 0 Å². The zero-order valence-corrected chi connectivity index (χ0v) is 9.17. The number of benzene rings is 1. The number of halogens is 1. The molecule has 0 saturated heterocycles. The van der Waals surface area contributed by atoms with Gasteiger partial charge in [0, 0.05) is 20.1 Å². The van der Waals surface area contributed by atoms with Gasteiger partial charge in [-0.15, -0.1) is 0 Å². The van der Waals surface area contributed by atoms with Crippen LogP contribution in [0.5, 0.6) is 0 Å². The van der Waals surface area contributed by atoms with E-state index in [9.17, 15) is 12.8 Å². The third-order valence-corrected chi connectivity index (χ3v) is 3.86. The van der Waals surface area contributed by atoms with Gasteiger partial charge in [0.05, 0.1) is 0 Å². The Morgan fingerprint density at radius 3 is 2.53 bits per heavy atom. The summed E-state index contributed by atoms with van der Waals surface area (Å²) < 4.78 is 37.8. The van der Waals surface area contributed by atoms with Gasteiger partial charge in [-0.3, -0.25) is 0 Å². The van der Waals surface area contributed by atoms with Crippen molar-refractivity contribution in [3.63, 3.8) is 0 Å². The zero-order chi connectivity index (χ0) is 11.5. The van der Waals surface area contributed by atoms with Gasteiger partial charge in [0.2, 0.25) is 10.0 Å². The lowest BCUT2D eigenvalue weighted by Gasteiger charge is -2.16. The smallest absolute Gasteiger partial charge is 0.245 e. The minimum absolute atomic E-state index is 0.163. The average molecular weight is 232 g/mol. The summed E-state index contributed by atoms with van der Waals surface area (Å²) in [5.41, 5.74) is 5.24. The molecule has 2 N–H and O–H groups in total. The topological polar surface area (TPSA) is 63.4 Å². The monoisotopic (exact) mass is 232 g/mol. The molecule has 0 amide bonds. The number of rotatable bonds is 4. The fourth-order valence-corrected chi connectivity index (χ4v) is 2.37. The summed E-state index contributed by atoms with van der Waals surface area (Å²) in [6.45, 7) is 0.362. The first-order valence-corrected chi connectivity index (χ1v) is 5.85. The maximum atomic E-state index is 13.2. The van der Waals surface area contributed by atoms with Gasteiger partial charge in [0.1, 0.15) is 10.7 Å². The Bertz CT molecular complexity index is 433. The Morgan fingerprint density at radius 2 is 2.00 bits per heavy atom. The maximum Gasteiger partial charge on any atom is 0.245 e. The summed E-state index contributed by atoms with van der Waals surface area (Å²) in [4.78, 5) is -0.319. The van der Waals surface area contributed by atoms with Crippen molar-refractivity contribution < 1.29 is 12.8 Å². The van der Waals surface area contributed by atoms with Crippen LogP contribution in [0.4, 0.5) is 4.39 Å². The highest BCUT2D eigenvalue weighted by atomic mass is 32.2. The van der Waals surface area contributed by atoms with Crippen molar-refractivity contribution in [1.82, 2.24) is 4.31 Å². The molecular formula is C9H13FN2O2S. The van der Waals surface area contributed by atoms with E-state index in [4.69, 9.17) is 5.73 Å². The lowest BCUT2D eigenvalue weighted by Crippen LogP contribution is -2.32. The molecular weight excluding hydrogens is 219 g/mol. The minimum atomic E-state index is -3.75. The van der Waals surface area contributed by atoms with Gasteiger partial charge in [0.25, 0.3) is 0 Å². The van der Waals surface area contributed by atoms with Crippen molar-refractivity contribution in [3.8, 4) is 0 Å². The molecule has 0 atom stereocenters. The molecule has 4 nitrogen and oxygen atoms in total. The standard InChI is InChI=1S/C9H13FN2O2S/c1-12(7-6-11)15(13,14)9-5-3-2-4-8(9)10/h2-5H,6-7,11H2,1H3. The third kappa shape index (κ3) is 2.53. The average Bonchev–Trinajstić information content (AvgIpc) is 2.18. The van der Waals surface area contributed by atoms with Gasteiger partial charge < -0.3 is 5.73 Å². The Kier molecular flexibility index (Phi) is 3.78. The van der Waals surface area contributed by atoms with E-state index in [1.54, 1.807) is 0 Å². The van der Waals surface area contributed by atoms with Gasteiger partial charge in [-0.1, -0.05) is 12.1 Å². The molecule has 6 heteroatoms. The predicted octanol–water partition coefficient (Wildman–Crippen LogP) is 0.405. The highest BCUT2D eigenvalue weighted by molar-refractivity contribution is 7.89. The Morgan fingerprint density at radius 1 is 1.40 bits per heavy atom. The number of nitrogens with zero attached hydrogens (tertiary/aromatic N) is 1. The van der Waals surface area contributed by atoms with Crippen LogP contribution in [0, 0.1) is 5.82 Å². The quantitative estimate of drug-likeness (QED) is 0.817. The summed E-state index contributed by atoms with van der Waals surface area (Å²) in [6, 6.07) is 5.27. The lowest BCUT2D eigenvalue weighted by molar-refractivity contribution is 0.469. The van der Waals surface area contributed by atoms with E-state index in [0.717, 1.165) is 10.4 Å². The van der Waals surface area contributed by atoms with Crippen LogP contribution in [-0.2, 0) is 10.0 Å². The first-order valence-electron chi connectivity index (χ1n) is 4.41. The molecule has 0 bridgehead atoms. The number of sulfonamides is 1. The van der Waals surface area contributed by atoms with Crippen LogP contribution < -0.4 is 5.73 Å². The summed E-state index contributed by atoms with van der Waals surface area (Å²) in [5, 5.41) is 0. The number of hydrogen-bond donors (Lipinski definition) is 1. The number of hydrogen-bond acceptors (Lipinski definition) is 3. The van der Waals surface area contributed by atoms with Gasteiger partial charge in [-0.05, 0) is 12.1 Å². The summed E-state index contributed by atoms with van der Waals surface area (Å²) in [5.74, 6) is -0.749. The van der Waals surface area contributed by atoms with Crippen LogP contribution in [-0.4, -0.2) is 32.9 Å². The van der Waals surface area contributed by atoms with E-state index in [-0.39, 0.29) is 18.0 Å². The second-order valence-corrected chi connectivity index (χ2v) is 5.06. The minimum Gasteiger partial charge on any atom is -0.329 e. The first kappa shape index (κ1) is 12.1. The molecule has 1 rings (SSSR count). The number of likely N-dealkylation sites (N-methyl/N-ethyl adjacent to an activating group) is 1. The van der Waals surface area contributed by atoms with Crippen molar-refractivity contribution >= 4 is 10.0 Å². The van der Waals surface area contributed by atoms with Crippen LogP contribution in [0.25, 0.3) is 0 Å². The molecule has 1 aromatic carbocycles. The van der Waals surface area contributed by atoms with Gasteiger partial charge >= 0.3 is 0 Å². The fraction of sp³-hybridized carbons (Fsp3) is 0.333. The molecule has 0 unspecified atom stereocenters. The third-order valence-electron chi connectivity index (χ3n) is 1.97. The molecule has 0 aromatic heterocycles. The Balaban J connectivity index is 3.12. The second kappa shape index (κ2) is 4.69. The molecule has 15 heavy (non-hydrogen) atoms. The summed E-state index contributed by atoms with van der Waals surface area (Å²) in [7, 11) is -2.38. The number of nitrogens with two attached hydrogens (primary N) is 1. The molecule has 0 radical (unpaired) electrons. The lowest BCUT2D eigenvalue weighted by atomic mass is 10.4. The van der Waals surface area contributed by atoms with Crippen molar-refractivity contribution in [1.29, 1.82) is 0 Å². The van der Waals surface area contributed by atoms with Crippen LogP contribution in [0.3, 0.4) is 0 Å². The molecule has 84 valence electrons. The van der Waals surface area contributed by atoms with Gasteiger partial charge in [-0.25, -0.2) is 12.8 Å². The predicted molar refractivity (Wildman–Crippen MR) is 55.3 cm³/mol. The molecule has 0 spiro atoms. The largest absolute Gasteiger partial charge is 0.329 e. The van der Waals surface area contributed by atoms with Gasteiger partial charge in [0.15, 0.2) is 0 Å². The molecule has 1 aromatic rings. The molecule has 0 aliphatic carbocycles. The first-order chi connectivity index (χ1) is 7.00. The molecule has 0 saturated carbocycles. The van der Waals surface area contributed by atoms with E-state index < -0.39 is 15.8 Å². The van der Waals surface area contributed by atoms with Crippen molar-refractivity contribution in [3.05, 3.63) is 30.1 Å². The summed E-state index contributed by atoms with van der Waals surface area (Å²) in [6.07, 6.45) is 0. The van der Waals surface area contributed by atoms with Crippen LogP contribution in [0.2, 0.25) is 0 Å². The molecule has 0 fully saturated rings. The molecule has 0 aliphatic heterocycles. The van der Waals surface area contributed by atoms with Crippen molar-refractivity contribution in [2.75, 3.05) is 20.1 Å². The Hall–Kier alpha value is -0.980. The van der Waals surface area contributed by atoms with Crippen LogP contribution >= 0.6 is 0 Å². The SMILES string of the molecule is CN(CCN)S(=O)(=O)c1ccccc1F. The fourth-order valence-electron chi connectivity index (χ4n) is 1.12. The maximum absolute atomic E-state index is 13.2. The zero-order valence-electron chi connectivity index (χ0n) is 8.35. The van der Waals surface area contributed by atoms with E-state index in [1.807, 2.05) is 0 Å². The molecule has 0 aliphatic rings. The highest BCUT2D eigenvalue weighted by Gasteiger charge is 2.22. The van der Waals surface area contributed by atoms with Gasteiger partial charge in [-0.2, -0.15) is 4.31 Å². The van der Waals surface area contributed by atoms with Crippen LogP contribution in [0.15, 0.2) is 29.2 Å².